The van der Waals surface area contributed by atoms with Gasteiger partial charge in [0.1, 0.15) is 0 Å². The van der Waals surface area contributed by atoms with Crippen molar-refractivity contribution in [3.8, 4) is 0 Å². The lowest BCUT2D eigenvalue weighted by molar-refractivity contribution is 0.580. The molecule has 2 nitrogen and oxygen atoms in total. The Kier molecular flexibility index (Phi) is 2.66. The van der Waals surface area contributed by atoms with Gasteiger partial charge in [-0.25, -0.2) is 0 Å². The van der Waals surface area contributed by atoms with Crippen molar-refractivity contribution < 1.29 is 0 Å². The molecular formula is C11H15ClN2. The number of fused-ring (bicyclic) bond motifs is 2. The van der Waals surface area contributed by atoms with Crippen molar-refractivity contribution in [2.75, 3.05) is 18.0 Å². The van der Waals surface area contributed by atoms with Gasteiger partial charge in [-0.3, -0.25) is 0 Å². The fourth-order valence-corrected chi connectivity index (χ4v) is 2.50. The zero-order chi connectivity index (χ0) is 8.67. The Hall–Kier alpha value is -0.730. The van der Waals surface area contributed by atoms with E-state index in [4.69, 9.17) is 0 Å². The van der Waals surface area contributed by atoms with Gasteiger partial charge in [0.05, 0.1) is 0 Å². The number of halogens is 1. The highest BCUT2D eigenvalue weighted by Gasteiger charge is 2.37. The Bertz CT molecular complexity index is 301. The molecule has 2 atom stereocenters. The number of para-hydroxylation sites is 1. The van der Waals surface area contributed by atoms with Crippen LogP contribution in [-0.4, -0.2) is 25.2 Å². The van der Waals surface area contributed by atoms with Crippen LogP contribution < -0.4 is 10.2 Å². The van der Waals surface area contributed by atoms with Crippen molar-refractivity contribution >= 4 is 18.1 Å². The summed E-state index contributed by atoms with van der Waals surface area (Å²) in [6, 6.07) is 12.2. The molecule has 1 aromatic carbocycles. The Balaban J connectivity index is 0.000000750. The van der Waals surface area contributed by atoms with Crippen molar-refractivity contribution in [3.05, 3.63) is 30.3 Å². The summed E-state index contributed by atoms with van der Waals surface area (Å²) in [4.78, 5) is 2.53. The zero-order valence-corrected chi connectivity index (χ0v) is 8.83. The molecule has 0 amide bonds. The van der Waals surface area contributed by atoms with E-state index in [1.54, 1.807) is 0 Å². The van der Waals surface area contributed by atoms with Gasteiger partial charge < -0.3 is 10.2 Å². The second-order valence-electron chi connectivity index (χ2n) is 3.98. The SMILES string of the molecule is Cl.c1ccc(N2C[C@H]3C[C@@H]2CN3)cc1. The van der Waals surface area contributed by atoms with Crippen LogP contribution >= 0.6 is 12.4 Å². The van der Waals surface area contributed by atoms with Gasteiger partial charge in [-0.15, -0.1) is 12.4 Å². The molecule has 1 aromatic rings. The number of rotatable bonds is 1. The first-order valence-electron chi connectivity index (χ1n) is 4.98. The van der Waals surface area contributed by atoms with E-state index in [-0.39, 0.29) is 12.4 Å². The fourth-order valence-electron chi connectivity index (χ4n) is 2.50. The van der Waals surface area contributed by atoms with Crippen LogP contribution in [0.4, 0.5) is 5.69 Å². The zero-order valence-electron chi connectivity index (χ0n) is 8.02. The minimum atomic E-state index is 0. The standard InChI is InChI=1S/C11H14N2.ClH/c1-2-4-10(5-3-1)13-8-9-6-11(13)7-12-9;/h1-5,9,11-12H,6-8H2;1H/t9-,11-;/m1./s1. The average molecular weight is 211 g/mol. The Labute approximate surface area is 90.7 Å². The maximum Gasteiger partial charge on any atom is 0.0430 e. The summed E-state index contributed by atoms with van der Waals surface area (Å²) in [5, 5.41) is 3.51. The molecule has 2 heterocycles. The number of hydrogen-bond donors (Lipinski definition) is 1. The van der Waals surface area contributed by atoms with E-state index in [9.17, 15) is 0 Å². The molecule has 0 saturated carbocycles. The molecule has 3 rings (SSSR count). The molecule has 76 valence electrons. The quantitative estimate of drug-likeness (QED) is 0.759. The van der Waals surface area contributed by atoms with Crippen molar-refractivity contribution in [1.29, 1.82) is 0 Å². The van der Waals surface area contributed by atoms with Gasteiger partial charge in [0.2, 0.25) is 0 Å². The molecule has 2 fully saturated rings. The van der Waals surface area contributed by atoms with Gasteiger partial charge in [-0.1, -0.05) is 18.2 Å². The maximum atomic E-state index is 3.51. The van der Waals surface area contributed by atoms with E-state index in [1.165, 1.54) is 25.2 Å². The molecule has 3 heteroatoms. The highest BCUT2D eigenvalue weighted by atomic mass is 35.5. The minimum absolute atomic E-state index is 0. The van der Waals surface area contributed by atoms with E-state index in [0.717, 1.165) is 12.1 Å². The summed E-state index contributed by atoms with van der Waals surface area (Å²) >= 11 is 0. The third kappa shape index (κ3) is 1.49. The molecule has 1 N–H and O–H groups in total. The molecule has 0 aliphatic carbocycles. The maximum absolute atomic E-state index is 3.51. The van der Waals surface area contributed by atoms with Crippen LogP contribution in [0.1, 0.15) is 6.42 Å². The van der Waals surface area contributed by atoms with Crippen molar-refractivity contribution in [2.45, 2.75) is 18.5 Å². The number of anilines is 1. The third-order valence-electron chi connectivity index (χ3n) is 3.14. The van der Waals surface area contributed by atoms with Gasteiger partial charge in [0.25, 0.3) is 0 Å². The molecule has 14 heavy (non-hydrogen) atoms. The van der Waals surface area contributed by atoms with Gasteiger partial charge in [0, 0.05) is 30.9 Å². The first-order valence-corrected chi connectivity index (χ1v) is 4.98. The van der Waals surface area contributed by atoms with E-state index in [1.807, 2.05) is 0 Å². The molecular weight excluding hydrogens is 196 g/mol. The molecule has 0 spiro atoms. The molecule has 2 aliphatic rings. The largest absolute Gasteiger partial charge is 0.366 e. The summed E-state index contributed by atoms with van der Waals surface area (Å²) in [5.74, 6) is 0. The first-order chi connectivity index (χ1) is 6.43. The smallest absolute Gasteiger partial charge is 0.0430 e. The van der Waals surface area contributed by atoms with E-state index < -0.39 is 0 Å². The molecule has 0 unspecified atom stereocenters. The normalized spacial score (nSPS) is 29.0. The van der Waals surface area contributed by atoms with Crippen molar-refractivity contribution in [1.82, 2.24) is 5.32 Å². The summed E-state index contributed by atoms with van der Waals surface area (Å²) in [5.41, 5.74) is 1.39. The van der Waals surface area contributed by atoms with Gasteiger partial charge in [0.15, 0.2) is 0 Å². The predicted molar refractivity (Wildman–Crippen MR) is 61.2 cm³/mol. The van der Waals surface area contributed by atoms with Gasteiger partial charge in [-0.2, -0.15) is 0 Å². The van der Waals surface area contributed by atoms with Crippen molar-refractivity contribution in [3.63, 3.8) is 0 Å². The number of nitrogens with one attached hydrogen (secondary N) is 1. The fraction of sp³-hybridized carbons (Fsp3) is 0.455. The lowest BCUT2D eigenvalue weighted by Crippen LogP contribution is -2.43. The van der Waals surface area contributed by atoms with Gasteiger partial charge >= 0.3 is 0 Å². The van der Waals surface area contributed by atoms with E-state index in [2.05, 4.69) is 40.5 Å². The van der Waals surface area contributed by atoms with Gasteiger partial charge in [-0.05, 0) is 18.6 Å². The Morgan fingerprint density at radius 1 is 1.21 bits per heavy atom. The van der Waals surface area contributed by atoms with Crippen LogP contribution in [0.25, 0.3) is 0 Å². The highest BCUT2D eigenvalue weighted by Crippen LogP contribution is 2.28. The minimum Gasteiger partial charge on any atom is -0.366 e. The monoisotopic (exact) mass is 210 g/mol. The summed E-state index contributed by atoms with van der Waals surface area (Å²) in [6.45, 7) is 2.36. The molecule has 2 aliphatic heterocycles. The number of nitrogens with zero attached hydrogens (tertiary/aromatic N) is 1. The third-order valence-corrected chi connectivity index (χ3v) is 3.14. The lowest BCUT2D eigenvalue weighted by atomic mass is 10.2. The molecule has 0 radical (unpaired) electrons. The first kappa shape index (κ1) is 9.81. The predicted octanol–water partition coefficient (Wildman–Crippen LogP) is 1.66. The number of hydrogen-bond acceptors (Lipinski definition) is 2. The Morgan fingerprint density at radius 3 is 2.57 bits per heavy atom. The van der Waals surface area contributed by atoms with Crippen LogP contribution in [0.3, 0.4) is 0 Å². The Morgan fingerprint density at radius 2 is 2.00 bits per heavy atom. The molecule has 2 bridgehead atoms. The number of benzene rings is 1. The topological polar surface area (TPSA) is 15.3 Å². The van der Waals surface area contributed by atoms with Crippen LogP contribution in [0.2, 0.25) is 0 Å². The van der Waals surface area contributed by atoms with Crippen LogP contribution in [0.5, 0.6) is 0 Å². The van der Waals surface area contributed by atoms with Crippen LogP contribution in [0.15, 0.2) is 30.3 Å². The average Bonchev–Trinajstić information content (AvgIpc) is 2.80. The van der Waals surface area contributed by atoms with Crippen molar-refractivity contribution in [2.24, 2.45) is 0 Å². The lowest BCUT2D eigenvalue weighted by Gasteiger charge is -2.29. The highest BCUT2D eigenvalue weighted by molar-refractivity contribution is 5.85. The second kappa shape index (κ2) is 3.79. The number of piperazine rings is 1. The van der Waals surface area contributed by atoms with E-state index >= 15 is 0 Å². The van der Waals surface area contributed by atoms with Crippen LogP contribution in [-0.2, 0) is 0 Å². The molecule has 2 saturated heterocycles. The molecule has 0 aromatic heterocycles. The van der Waals surface area contributed by atoms with E-state index in [0.29, 0.717) is 0 Å². The summed E-state index contributed by atoms with van der Waals surface area (Å²) in [6.07, 6.45) is 1.33. The summed E-state index contributed by atoms with van der Waals surface area (Å²) < 4.78 is 0. The summed E-state index contributed by atoms with van der Waals surface area (Å²) in [7, 11) is 0. The second-order valence-corrected chi connectivity index (χ2v) is 3.98. The van der Waals surface area contributed by atoms with Crippen LogP contribution in [0, 0.1) is 0 Å².